The number of nitrogens with zero attached hydrogens (tertiary/aromatic N) is 2. The molecule has 3 rings (SSSR count). The molecule has 0 spiro atoms. The van der Waals surface area contributed by atoms with E-state index in [0.717, 1.165) is 6.26 Å². The first-order valence-electron chi connectivity index (χ1n) is 8.60. The SMILES string of the molecule is COc1ccccc1N(C(C)=O)c1nc(COc2ccc(S(C)(=O)=O)cc2)cs1. The number of ether oxygens (including phenoxy) is 2. The number of amides is 1. The van der Waals surface area contributed by atoms with Crippen molar-refractivity contribution in [3.63, 3.8) is 0 Å². The van der Waals surface area contributed by atoms with E-state index >= 15 is 0 Å². The lowest BCUT2D eigenvalue weighted by Crippen LogP contribution is -2.23. The number of methoxy groups -OCH3 is 1. The summed E-state index contributed by atoms with van der Waals surface area (Å²) >= 11 is 1.32. The quantitative estimate of drug-likeness (QED) is 0.564. The Balaban J connectivity index is 1.76. The van der Waals surface area contributed by atoms with Gasteiger partial charge < -0.3 is 9.47 Å². The molecule has 0 unspecified atom stereocenters. The lowest BCUT2D eigenvalue weighted by molar-refractivity contribution is -0.115. The van der Waals surface area contributed by atoms with E-state index in [-0.39, 0.29) is 17.4 Å². The molecule has 9 heteroatoms. The Morgan fingerprint density at radius 2 is 1.83 bits per heavy atom. The number of benzene rings is 2. The van der Waals surface area contributed by atoms with Gasteiger partial charge in [0, 0.05) is 18.6 Å². The standard InChI is InChI=1S/C20H20N2O5S2/c1-14(23)22(18-6-4-5-7-19(18)26-2)20-21-15(13-28-20)12-27-16-8-10-17(11-9-16)29(3,24)25/h4-11,13H,12H2,1-3H3. The number of anilines is 2. The molecule has 7 nitrogen and oxygen atoms in total. The first kappa shape index (κ1) is 20.8. The van der Waals surface area contributed by atoms with Crippen LogP contribution in [0.3, 0.4) is 0 Å². The van der Waals surface area contributed by atoms with Gasteiger partial charge in [-0.15, -0.1) is 11.3 Å². The van der Waals surface area contributed by atoms with Crippen LogP contribution in [0.5, 0.6) is 11.5 Å². The minimum absolute atomic E-state index is 0.187. The van der Waals surface area contributed by atoms with Crippen molar-refractivity contribution in [1.29, 1.82) is 0 Å². The van der Waals surface area contributed by atoms with Crippen LogP contribution in [0.1, 0.15) is 12.6 Å². The molecule has 2 aromatic carbocycles. The number of sulfone groups is 1. The van der Waals surface area contributed by atoms with Crippen LogP contribution in [0.2, 0.25) is 0 Å². The predicted octanol–water partition coefficient (Wildman–Crippen LogP) is 3.82. The maximum absolute atomic E-state index is 12.3. The molecule has 0 aliphatic carbocycles. The fraction of sp³-hybridized carbons (Fsp3) is 0.200. The van der Waals surface area contributed by atoms with Crippen LogP contribution in [0.25, 0.3) is 0 Å². The Morgan fingerprint density at radius 3 is 2.45 bits per heavy atom. The van der Waals surface area contributed by atoms with Gasteiger partial charge in [0.1, 0.15) is 18.1 Å². The van der Waals surface area contributed by atoms with E-state index in [1.807, 2.05) is 17.5 Å². The molecule has 0 saturated heterocycles. The van der Waals surface area contributed by atoms with E-state index < -0.39 is 9.84 Å². The third-order valence-electron chi connectivity index (χ3n) is 4.01. The fourth-order valence-electron chi connectivity index (χ4n) is 2.63. The number of hydrogen-bond acceptors (Lipinski definition) is 7. The lowest BCUT2D eigenvalue weighted by atomic mass is 10.2. The summed E-state index contributed by atoms with van der Waals surface area (Å²) in [7, 11) is -1.70. The first-order valence-corrected chi connectivity index (χ1v) is 11.4. The third kappa shape index (κ3) is 4.93. The van der Waals surface area contributed by atoms with Gasteiger partial charge >= 0.3 is 0 Å². The van der Waals surface area contributed by atoms with Crippen LogP contribution >= 0.6 is 11.3 Å². The van der Waals surface area contributed by atoms with E-state index in [2.05, 4.69) is 4.98 Å². The molecule has 1 aromatic heterocycles. The van der Waals surface area contributed by atoms with Gasteiger partial charge in [-0.3, -0.25) is 9.69 Å². The Bertz CT molecular complexity index is 1110. The van der Waals surface area contributed by atoms with E-state index in [4.69, 9.17) is 9.47 Å². The average molecular weight is 433 g/mol. The van der Waals surface area contributed by atoms with Crippen molar-refractivity contribution >= 4 is 37.9 Å². The second-order valence-corrected chi connectivity index (χ2v) is 9.03. The predicted molar refractivity (Wildman–Crippen MR) is 112 cm³/mol. The number of aromatic nitrogens is 1. The topological polar surface area (TPSA) is 85.8 Å². The van der Waals surface area contributed by atoms with Crippen LogP contribution in [-0.4, -0.2) is 32.7 Å². The molecule has 0 atom stereocenters. The summed E-state index contributed by atoms with van der Waals surface area (Å²) in [6.45, 7) is 1.65. The van der Waals surface area contributed by atoms with Crippen molar-refractivity contribution in [3.05, 3.63) is 59.6 Å². The lowest BCUT2D eigenvalue weighted by Gasteiger charge is -2.20. The molecule has 1 amide bonds. The Kier molecular flexibility index (Phi) is 6.19. The molecule has 0 radical (unpaired) electrons. The highest BCUT2D eigenvalue weighted by Crippen LogP contribution is 2.35. The van der Waals surface area contributed by atoms with Gasteiger partial charge in [0.15, 0.2) is 15.0 Å². The van der Waals surface area contributed by atoms with Gasteiger partial charge in [0.2, 0.25) is 5.91 Å². The highest BCUT2D eigenvalue weighted by Gasteiger charge is 2.21. The summed E-state index contributed by atoms with van der Waals surface area (Å²) in [4.78, 5) is 18.5. The third-order valence-corrected chi connectivity index (χ3v) is 6.01. The summed E-state index contributed by atoms with van der Waals surface area (Å²) in [5, 5.41) is 2.32. The molecule has 0 aliphatic heterocycles. The number of hydrogen-bond donors (Lipinski definition) is 0. The smallest absolute Gasteiger partial charge is 0.230 e. The van der Waals surface area contributed by atoms with E-state index in [1.54, 1.807) is 31.4 Å². The fourth-order valence-corrected chi connectivity index (χ4v) is 4.12. The van der Waals surface area contributed by atoms with Gasteiger partial charge in [0.25, 0.3) is 0 Å². The van der Waals surface area contributed by atoms with Crippen molar-refractivity contribution in [2.75, 3.05) is 18.3 Å². The Labute approximate surface area is 173 Å². The van der Waals surface area contributed by atoms with Gasteiger partial charge in [0.05, 0.1) is 23.4 Å². The first-order chi connectivity index (χ1) is 13.8. The summed E-state index contributed by atoms with van der Waals surface area (Å²) in [5.41, 5.74) is 1.26. The molecule has 0 fully saturated rings. The number of thiazole rings is 1. The number of rotatable bonds is 7. The second-order valence-electron chi connectivity index (χ2n) is 6.18. The van der Waals surface area contributed by atoms with Crippen molar-refractivity contribution in [2.45, 2.75) is 18.4 Å². The monoisotopic (exact) mass is 432 g/mol. The summed E-state index contributed by atoms with van der Waals surface area (Å²) < 4.78 is 34.1. The maximum Gasteiger partial charge on any atom is 0.230 e. The van der Waals surface area contributed by atoms with Gasteiger partial charge in [-0.2, -0.15) is 0 Å². The zero-order valence-electron chi connectivity index (χ0n) is 16.2. The van der Waals surface area contributed by atoms with E-state index in [1.165, 1.54) is 35.3 Å². The van der Waals surface area contributed by atoms with Crippen LogP contribution in [-0.2, 0) is 21.2 Å². The number of carbonyl (C=O) groups is 1. The molecule has 0 aliphatic rings. The largest absolute Gasteiger partial charge is 0.495 e. The number of para-hydroxylation sites is 2. The zero-order chi connectivity index (χ0) is 21.0. The van der Waals surface area contributed by atoms with Crippen molar-refractivity contribution in [2.24, 2.45) is 0 Å². The summed E-state index contributed by atoms with van der Waals surface area (Å²) in [6, 6.07) is 13.4. The van der Waals surface area contributed by atoms with Crippen molar-refractivity contribution < 1.29 is 22.7 Å². The molecule has 1 heterocycles. The highest BCUT2D eigenvalue weighted by molar-refractivity contribution is 7.90. The Morgan fingerprint density at radius 1 is 1.14 bits per heavy atom. The minimum Gasteiger partial charge on any atom is -0.495 e. The maximum atomic E-state index is 12.3. The van der Waals surface area contributed by atoms with Gasteiger partial charge in [-0.05, 0) is 36.4 Å². The average Bonchev–Trinajstić information content (AvgIpc) is 3.14. The van der Waals surface area contributed by atoms with Crippen LogP contribution < -0.4 is 14.4 Å². The van der Waals surface area contributed by atoms with Crippen molar-refractivity contribution in [1.82, 2.24) is 4.98 Å². The van der Waals surface area contributed by atoms with Crippen LogP contribution in [0.15, 0.2) is 58.8 Å². The molecule has 0 N–H and O–H groups in total. The molecular formula is C20H20N2O5S2. The molecule has 152 valence electrons. The number of carbonyl (C=O) groups excluding carboxylic acids is 1. The van der Waals surface area contributed by atoms with E-state index in [0.29, 0.717) is 28.0 Å². The molecular weight excluding hydrogens is 412 g/mol. The molecule has 3 aromatic rings. The van der Waals surface area contributed by atoms with Crippen LogP contribution in [0.4, 0.5) is 10.8 Å². The normalized spacial score (nSPS) is 11.1. The Hall–Kier alpha value is -2.91. The summed E-state index contributed by atoms with van der Waals surface area (Å²) in [5.74, 6) is 0.912. The molecule has 0 saturated carbocycles. The minimum atomic E-state index is -3.25. The molecule has 0 bridgehead atoms. The van der Waals surface area contributed by atoms with Gasteiger partial charge in [-0.1, -0.05) is 12.1 Å². The van der Waals surface area contributed by atoms with Crippen LogP contribution in [0, 0.1) is 0 Å². The molecule has 29 heavy (non-hydrogen) atoms. The zero-order valence-corrected chi connectivity index (χ0v) is 17.8. The van der Waals surface area contributed by atoms with Crippen molar-refractivity contribution in [3.8, 4) is 11.5 Å². The summed E-state index contributed by atoms with van der Waals surface area (Å²) in [6.07, 6.45) is 1.15. The highest BCUT2D eigenvalue weighted by atomic mass is 32.2. The van der Waals surface area contributed by atoms with E-state index in [9.17, 15) is 13.2 Å². The van der Waals surface area contributed by atoms with Gasteiger partial charge in [-0.25, -0.2) is 13.4 Å². The second kappa shape index (κ2) is 8.62.